The maximum atomic E-state index is 11.7. The smallest absolute Gasteiger partial charge is 0.257 e. The Morgan fingerprint density at radius 1 is 1.17 bits per heavy atom. The van der Waals surface area contributed by atoms with E-state index < -0.39 is 0 Å². The highest BCUT2D eigenvalue weighted by molar-refractivity contribution is 6.32. The molecule has 0 radical (unpaired) electrons. The highest BCUT2D eigenvalue weighted by atomic mass is 35.5. The number of ether oxygens (including phenoxy) is 1. The van der Waals surface area contributed by atoms with Crippen molar-refractivity contribution >= 4 is 29.1 Å². The monoisotopic (exact) mass is 354 g/mol. The number of carbonyl (C=O) groups excluding carboxylic acids is 1. The zero-order chi connectivity index (χ0) is 16.7. The molecule has 0 aliphatic rings. The summed E-state index contributed by atoms with van der Waals surface area (Å²) in [7, 11) is 0. The number of aryl methyl sites for hydroxylation is 1. The summed E-state index contributed by atoms with van der Waals surface area (Å²) < 4.78 is 6.84. The van der Waals surface area contributed by atoms with E-state index in [4.69, 9.17) is 27.9 Å². The first kappa shape index (κ1) is 17.4. The van der Waals surface area contributed by atoms with Crippen LogP contribution in [0.2, 0.25) is 10.0 Å². The van der Waals surface area contributed by atoms with Crippen LogP contribution in [0, 0.1) is 0 Å². The van der Waals surface area contributed by atoms with Gasteiger partial charge in [0.2, 0.25) is 0 Å². The summed E-state index contributed by atoms with van der Waals surface area (Å²) in [6, 6.07) is 9.92. The Morgan fingerprint density at radius 3 is 2.74 bits per heavy atom. The van der Waals surface area contributed by atoms with Gasteiger partial charge in [-0.2, -0.15) is 0 Å². The zero-order valence-electron chi connectivity index (χ0n) is 12.3. The number of halogens is 2. The van der Waals surface area contributed by atoms with E-state index in [-0.39, 0.29) is 18.1 Å². The van der Waals surface area contributed by atoms with Crippen molar-refractivity contribution in [1.29, 1.82) is 0 Å². The minimum Gasteiger partial charge on any atom is -0.482 e. The molecule has 5 nitrogen and oxygen atoms in total. The van der Waals surface area contributed by atoms with Crippen molar-refractivity contribution in [3.05, 3.63) is 63.0 Å². The lowest BCUT2D eigenvalue weighted by atomic mass is 10.3. The number of nitrogens with zero attached hydrogens (tertiary/aromatic N) is 1. The van der Waals surface area contributed by atoms with Gasteiger partial charge < -0.3 is 14.6 Å². The first-order chi connectivity index (χ1) is 11.1. The lowest BCUT2D eigenvalue weighted by Crippen LogP contribution is -2.31. The molecule has 0 aliphatic heterocycles. The number of para-hydroxylation sites is 1. The van der Waals surface area contributed by atoms with Gasteiger partial charge in [0.25, 0.3) is 11.5 Å². The molecule has 1 amide bonds. The minimum absolute atomic E-state index is 0.110. The van der Waals surface area contributed by atoms with Crippen LogP contribution < -0.4 is 15.6 Å². The molecule has 0 unspecified atom stereocenters. The van der Waals surface area contributed by atoms with Gasteiger partial charge in [-0.3, -0.25) is 9.59 Å². The van der Waals surface area contributed by atoms with Gasteiger partial charge in [0.15, 0.2) is 6.61 Å². The highest BCUT2D eigenvalue weighted by Gasteiger charge is 2.05. The number of amides is 1. The van der Waals surface area contributed by atoms with E-state index in [1.807, 2.05) is 0 Å². The number of rotatable bonds is 7. The van der Waals surface area contributed by atoms with Crippen molar-refractivity contribution in [3.63, 3.8) is 0 Å². The van der Waals surface area contributed by atoms with Crippen molar-refractivity contribution in [3.8, 4) is 5.75 Å². The quantitative estimate of drug-likeness (QED) is 0.777. The number of aromatic nitrogens is 1. The van der Waals surface area contributed by atoms with Crippen LogP contribution >= 0.6 is 23.2 Å². The van der Waals surface area contributed by atoms with Crippen molar-refractivity contribution in [2.45, 2.75) is 13.0 Å². The summed E-state index contributed by atoms with van der Waals surface area (Å²) in [5.74, 6) is 0.221. The molecule has 1 aromatic carbocycles. The molecular formula is C16H16Cl2N2O3. The number of hydrogen-bond acceptors (Lipinski definition) is 3. The number of carbonyl (C=O) groups is 1. The first-order valence-electron chi connectivity index (χ1n) is 7.06. The first-order valence-corrected chi connectivity index (χ1v) is 7.82. The topological polar surface area (TPSA) is 60.3 Å². The Labute approximate surface area is 143 Å². The van der Waals surface area contributed by atoms with E-state index in [1.54, 1.807) is 36.5 Å². The number of hydrogen-bond donors (Lipinski definition) is 1. The van der Waals surface area contributed by atoms with Crippen LogP contribution in [0.1, 0.15) is 6.42 Å². The van der Waals surface area contributed by atoms with E-state index >= 15 is 0 Å². The van der Waals surface area contributed by atoms with E-state index in [9.17, 15) is 9.59 Å². The average molecular weight is 355 g/mol. The van der Waals surface area contributed by atoms with Crippen LogP contribution in [0.4, 0.5) is 0 Å². The minimum atomic E-state index is -0.247. The van der Waals surface area contributed by atoms with Gasteiger partial charge in [0.1, 0.15) is 5.75 Å². The second kappa shape index (κ2) is 8.60. The zero-order valence-corrected chi connectivity index (χ0v) is 13.8. The van der Waals surface area contributed by atoms with Crippen molar-refractivity contribution in [2.75, 3.05) is 13.2 Å². The van der Waals surface area contributed by atoms with Crippen LogP contribution in [0.25, 0.3) is 0 Å². The lowest BCUT2D eigenvalue weighted by Gasteiger charge is -2.09. The third kappa shape index (κ3) is 5.62. The molecule has 2 rings (SSSR count). The van der Waals surface area contributed by atoms with Gasteiger partial charge in [-0.25, -0.2) is 0 Å². The van der Waals surface area contributed by atoms with Crippen LogP contribution in [0.3, 0.4) is 0 Å². The molecule has 0 atom stereocenters. The molecule has 0 saturated carbocycles. The van der Waals surface area contributed by atoms with Gasteiger partial charge in [0, 0.05) is 25.4 Å². The molecule has 1 aromatic heterocycles. The van der Waals surface area contributed by atoms with E-state index in [1.165, 1.54) is 10.6 Å². The second-order valence-electron chi connectivity index (χ2n) is 4.80. The molecule has 0 fully saturated rings. The Kier molecular flexibility index (Phi) is 6.50. The fourth-order valence-corrected chi connectivity index (χ4v) is 2.28. The summed E-state index contributed by atoms with van der Waals surface area (Å²) in [6.07, 6.45) is 2.18. The van der Waals surface area contributed by atoms with Crippen molar-refractivity contribution in [2.24, 2.45) is 0 Å². The summed E-state index contributed by atoms with van der Waals surface area (Å²) in [5, 5.41) is 3.68. The van der Waals surface area contributed by atoms with Crippen molar-refractivity contribution < 1.29 is 9.53 Å². The normalized spacial score (nSPS) is 10.3. The Balaban J connectivity index is 1.70. The van der Waals surface area contributed by atoms with Crippen LogP contribution in [-0.2, 0) is 11.3 Å². The maximum Gasteiger partial charge on any atom is 0.257 e. The third-order valence-electron chi connectivity index (χ3n) is 3.04. The van der Waals surface area contributed by atoms with E-state index in [0.29, 0.717) is 35.3 Å². The molecule has 0 aliphatic carbocycles. The molecule has 7 heteroatoms. The number of pyridine rings is 1. The van der Waals surface area contributed by atoms with Gasteiger partial charge in [-0.15, -0.1) is 0 Å². The standard InChI is InChI=1S/C16H16Cl2N2O3/c17-12-6-7-16(22)20(10-12)9-3-8-19-15(21)11-23-14-5-2-1-4-13(14)18/h1-2,4-7,10H,3,8-9,11H2,(H,19,21). The molecule has 1 heterocycles. The fourth-order valence-electron chi connectivity index (χ4n) is 1.91. The Morgan fingerprint density at radius 2 is 1.96 bits per heavy atom. The molecule has 122 valence electrons. The molecule has 2 aromatic rings. The summed E-state index contributed by atoms with van der Waals surface area (Å²) in [4.78, 5) is 23.3. The van der Waals surface area contributed by atoms with Gasteiger partial charge in [-0.05, 0) is 24.6 Å². The molecular weight excluding hydrogens is 339 g/mol. The SMILES string of the molecule is O=C(COc1ccccc1Cl)NCCCn1cc(Cl)ccc1=O. The van der Waals surface area contributed by atoms with Gasteiger partial charge in [0.05, 0.1) is 10.0 Å². The van der Waals surface area contributed by atoms with Crippen LogP contribution in [0.15, 0.2) is 47.4 Å². The summed E-state index contributed by atoms with van der Waals surface area (Å²) >= 11 is 11.8. The largest absolute Gasteiger partial charge is 0.482 e. The number of benzene rings is 1. The molecule has 0 saturated heterocycles. The van der Waals surface area contributed by atoms with Crippen molar-refractivity contribution in [1.82, 2.24) is 9.88 Å². The van der Waals surface area contributed by atoms with Gasteiger partial charge in [-0.1, -0.05) is 35.3 Å². The predicted molar refractivity (Wildman–Crippen MR) is 90.3 cm³/mol. The Bertz CT molecular complexity index is 731. The maximum absolute atomic E-state index is 11.7. The summed E-state index contributed by atoms with van der Waals surface area (Å²) in [5.41, 5.74) is -0.122. The summed E-state index contributed by atoms with van der Waals surface area (Å²) in [6.45, 7) is 0.801. The third-order valence-corrected chi connectivity index (χ3v) is 3.58. The van der Waals surface area contributed by atoms with Crippen LogP contribution in [0.5, 0.6) is 5.75 Å². The van der Waals surface area contributed by atoms with E-state index in [2.05, 4.69) is 5.32 Å². The second-order valence-corrected chi connectivity index (χ2v) is 5.65. The predicted octanol–water partition coefficient (Wildman–Crippen LogP) is 2.74. The highest BCUT2D eigenvalue weighted by Crippen LogP contribution is 2.22. The Hall–Kier alpha value is -1.98. The van der Waals surface area contributed by atoms with Gasteiger partial charge >= 0.3 is 0 Å². The average Bonchev–Trinajstić information content (AvgIpc) is 2.54. The fraction of sp³-hybridized carbons (Fsp3) is 0.250. The number of nitrogens with one attached hydrogen (secondary N) is 1. The molecule has 0 spiro atoms. The van der Waals surface area contributed by atoms with E-state index in [0.717, 1.165) is 0 Å². The molecule has 23 heavy (non-hydrogen) atoms. The molecule has 1 N–H and O–H groups in total. The van der Waals surface area contributed by atoms with Crippen LogP contribution in [-0.4, -0.2) is 23.6 Å². The molecule has 0 bridgehead atoms. The lowest BCUT2D eigenvalue weighted by molar-refractivity contribution is -0.123.